The third kappa shape index (κ3) is 48.9. The highest BCUT2D eigenvalue weighted by Gasteiger charge is 2.23. The second-order valence-corrected chi connectivity index (χ2v) is 21.7. The summed E-state index contributed by atoms with van der Waals surface area (Å²) < 4.78 is 23.3. The van der Waals surface area contributed by atoms with Crippen molar-refractivity contribution in [2.75, 3.05) is 40.9 Å². The summed E-state index contributed by atoms with van der Waals surface area (Å²) in [6.07, 6.45) is 58.3. The first-order valence-corrected chi connectivity index (χ1v) is 29.2. The summed E-state index contributed by atoms with van der Waals surface area (Å²) >= 11 is 0. The number of aliphatic hydroxyl groups excluding tert-OH is 1. The van der Waals surface area contributed by atoms with Crippen molar-refractivity contribution in [1.29, 1.82) is 0 Å². The molecule has 0 saturated heterocycles. The van der Waals surface area contributed by atoms with Gasteiger partial charge in [0.1, 0.15) is 13.2 Å². The number of amides is 1. The minimum Gasteiger partial charge on any atom is -0.756 e. The minimum absolute atomic E-state index is 0.000744. The maximum atomic E-state index is 12.9. The number of carbonyl (C=O) groups is 1. The van der Waals surface area contributed by atoms with Crippen LogP contribution in [0.25, 0.3) is 0 Å². The predicted octanol–water partition coefficient (Wildman–Crippen LogP) is 15.8. The van der Waals surface area contributed by atoms with Crippen LogP contribution < -0.4 is 10.2 Å². The number of carbonyl (C=O) groups excluding carboxylic acids is 1. The van der Waals surface area contributed by atoms with Gasteiger partial charge in [0.2, 0.25) is 5.91 Å². The number of allylic oxidation sites excluding steroid dienone is 3. The van der Waals surface area contributed by atoms with Crippen molar-refractivity contribution in [2.45, 2.75) is 283 Å². The Hall–Kier alpha value is -1.02. The number of likely N-dealkylation sites (N-methyl/N-ethyl adjacent to an activating group) is 1. The summed E-state index contributed by atoms with van der Waals surface area (Å²) in [7, 11) is 1.27. The van der Waals surface area contributed by atoms with Crippen molar-refractivity contribution in [1.82, 2.24) is 5.32 Å². The molecule has 0 aliphatic rings. The van der Waals surface area contributed by atoms with Gasteiger partial charge in [0.25, 0.3) is 7.82 Å². The van der Waals surface area contributed by atoms with Crippen LogP contribution in [0.5, 0.6) is 0 Å². The van der Waals surface area contributed by atoms with E-state index in [4.69, 9.17) is 9.05 Å². The number of hydrogen-bond acceptors (Lipinski definition) is 6. The maximum Gasteiger partial charge on any atom is 0.268 e. The van der Waals surface area contributed by atoms with E-state index in [1.807, 2.05) is 27.2 Å². The highest BCUT2D eigenvalue weighted by atomic mass is 31.2. The predicted molar refractivity (Wildman–Crippen MR) is 275 cm³/mol. The van der Waals surface area contributed by atoms with E-state index in [-0.39, 0.29) is 19.1 Å². The number of aliphatic hydroxyl groups is 1. The van der Waals surface area contributed by atoms with E-state index >= 15 is 0 Å². The molecule has 0 aliphatic carbocycles. The van der Waals surface area contributed by atoms with E-state index in [0.29, 0.717) is 17.4 Å². The van der Waals surface area contributed by atoms with Gasteiger partial charge < -0.3 is 28.8 Å². The fourth-order valence-corrected chi connectivity index (χ4v) is 8.99. The van der Waals surface area contributed by atoms with Crippen LogP contribution in [0.1, 0.15) is 271 Å². The Labute approximate surface area is 398 Å². The molecule has 0 rings (SSSR count). The normalized spacial score (nSPS) is 14.2. The zero-order valence-electron chi connectivity index (χ0n) is 43.3. The lowest BCUT2D eigenvalue weighted by molar-refractivity contribution is -0.870. The Morgan fingerprint density at radius 3 is 1.22 bits per heavy atom. The quantitative estimate of drug-likeness (QED) is 0.0272. The second kappa shape index (κ2) is 47.1. The van der Waals surface area contributed by atoms with Gasteiger partial charge in [-0.1, -0.05) is 244 Å². The smallest absolute Gasteiger partial charge is 0.268 e. The van der Waals surface area contributed by atoms with E-state index in [1.165, 1.54) is 212 Å². The summed E-state index contributed by atoms with van der Waals surface area (Å²) in [5.41, 5.74) is 0. The SMILES string of the molecule is CCCCCCCCCCCC/C=C/C(O)C(COP(=O)([O-])OCC[N+](C)(C)C)NC(=O)CCCCCCCCCCCCCCCC/C=C\CCCCCCCCCCCCCC. The Balaban J connectivity index is 4.04. The molecule has 3 atom stereocenters. The van der Waals surface area contributed by atoms with Crippen molar-refractivity contribution in [2.24, 2.45) is 0 Å². The molecule has 9 heteroatoms. The number of hydrogen-bond donors (Lipinski definition) is 2. The molecule has 0 radical (unpaired) electrons. The van der Waals surface area contributed by atoms with Gasteiger partial charge in [-0.15, -0.1) is 0 Å². The number of nitrogens with one attached hydrogen (secondary N) is 1. The molecule has 8 nitrogen and oxygen atoms in total. The van der Waals surface area contributed by atoms with E-state index in [0.717, 1.165) is 38.5 Å². The van der Waals surface area contributed by atoms with Crippen LogP contribution in [0.4, 0.5) is 0 Å². The van der Waals surface area contributed by atoms with E-state index in [2.05, 4.69) is 31.3 Å². The fourth-order valence-electron chi connectivity index (χ4n) is 8.27. The molecule has 0 bridgehead atoms. The van der Waals surface area contributed by atoms with Crippen LogP contribution in [-0.2, 0) is 18.4 Å². The Kier molecular flexibility index (Phi) is 46.3. The molecule has 0 saturated carbocycles. The third-order valence-electron chi connectivity index (χ3n) is 12.7. The van der Waals surface area contributed by atoms with E-state index in [9.17, 15) is 19.4 Å². The van der Waals surface area contributed by atoms with Crippen molar-refractivity contribution in [3.05, 3.63) is 24.3 Å². The number of nitrogens with zero attached hydrogens (tertiary/aromatic N) is 1. The summed E-state index contributed by atoms with van der Waals surface area (Å²) in [6, 6.07) is -0.883. The Morgan fingerprint density at radius 2 is 0.859 bits per heavy atom. The number of rotatable bonds is 51. The van der Waals surface area contributed by atoms with Gasteiger partial charge in [-0.3, -0.25) is 9.36 Å². The zero-order chi connectivity index (χ0) is 47.1. The van der Waals surface area contributed by atoms with Gasteiger partial charge in [-0.2, -0.15) is 0 Å². The van der Waals surface area contributed by atoms with Crippen LogP contribution in [0.3, 0.4) is 0 Å². The lowest BCUT2D eigenvalue weighted by atomic mass is 10.0. The van der Waals surface area contributed by atoms with Gasteiger partial charge in [-0.25, -0.2) is 0 Å². The van der Waals surface area contributed by atoms with Crippen molar-refractivity contribution in [3.8, 4) is 0 Å². The minimum atomic E-state index is -4.59. The molecular weight excluding hydrogens is 816 g/mol. The third-order valence-corrected chi connectivity index (χ3v) is 13.6. The lowest BCUT2D eigenvalue weighted by Crippen LogP contribution is -2.45. The molecule has 380 valence electrons. The monoisotopic (exact) mass is 925 g/mol. The molecule has 0 aromatic heterocycles. The van der Waals surface area contributed by atoms with Gasteiger partial charge >= 0.3 is 0 Å². The lowest BCUT2D eigenvalue weighted by Gasteiger charge is -2.29. The molecular formula is C55H109N2O6P. The van der Waals surface area contributed by atoms with E-state index < -0.39 is 20.0 Å². The Morgan fingerprint density at radius 1 is 0.531 bits per heavy atom. The van der Waals surface area contributed by atoms with Crippen LogP contribution in [0, 0.1) is 0 Å². The average molecular weight is 925 g/mol. The van der Waals surface area contributed by atoms with Crippen LogP contribution in [0.2, 0.25) is 0 Å². The molecule has 0 heterocycles. The fraction of sp³-hybridized carbons (Fsp3) is 0.909. The molecule has 0 aliphatic heterocycles. The first kappa shape index (κ1) is 63.0. The molecule has 1 amide bonds. The maximum absolute atomic E-state index is 12.9. The summed E-state index contributed by atoms with van der Waals surface area (Å²) in [4.78, 5) is 25.4. The summed E-state index contributed by atoms with van der Waals surface area (Å²) in [5.74, 6) is -0.195. The number of phosphoric acid groups is 1. The largest absolute Gasteiger partial charge is 0.756 e. The Bertz CT molecular complexity index is 1090. The molecule has 2 N–H and O–H groups in total. The second-order valence-electron chi connectivity index (χ2n) is 20.3. The van der Waals surface area contributed by atoms with E-state index in [1.54, 1.807) is 6.08 Å². The van der Waals surface area contributed by atoms with Crippen LogP contribution >= 0.6 is 7.82 Å². The van der Waals surface area contributed by atoms with Crippen LogP contribution in [-0.4, -0.2) is 68.5 Å². The highest BCUT2D eigenvalue weighted by Crippen LogP contribution is 2.38. The van der Waals surface area contributed by atoms with Crippen molar-refractivity contribution in [3.63, 3.8) is 0 Å². The van der Waals surface area contributed by atoms with Gasteiger partial charge in [0.05, 0.1) is 39.9 Å². The van der Waals surface area contributed by atoms with Gasteiger partial charge in [0, 0.05) is 6.42 Å². The molecule has 0 fully saturated rings. The summed E-state index contributed by atoms with van der Waals surface area (Å²) in [6.45, 7) is 4.66. The summed E-state index contributed by atoms with van der Waals surface area (Å²) in [5, 5.41) is 13.8. The molecule has 0 aromatic carbocycles. The van der Waals surface area contributed by atoms with Gasteiger partial charge in [-0.05, 0) is 44.9 Å². The zero-order valence-corrected chi connectivity index (χ0v) is 44.1. The highest BCUT2D eigenvalue weighted by molar-refractivity contribution is 7.45. The standard InChI is InChI=1S/C55H109N2O6P/c1-6-8-10-12-14-16-18-20-21-22-23-24-25-26-27-28-29-30-31-32-33-34-35-36-37-39-41-43-45-47-49-55(59)56-53(52-63-64(60,61)62-51-50-57(3,4)5)54(58)48-46-44-42-40-38-19-17-15-13-11-9-7-2/h26-27,46,48,53-54,58H,6-25,28-45,47,49-52H2,1-5H3,(H-,56,59,60,61)/b27-26-,48-46+. The molecule has 0 spiro atoms. The average Bonchev–Trinajstić information content (AvgIpc) is 3.25. The molecule has 64 heavy (non-hydrogen) atoms. The first-order chi connectivity index (χ1) is 31.0. The van der Waals surface area contributed by atoms with Crippen LogP contribution in [0.15, 0.2) is 24.3 Å². The molecule has 3 unspecified atom stereocenters. The van der Waals surface area contributed by atoms with Gasteiger partial charge in [0.15, 0.2) is 0 Å². The molecule has 0 aromatic rings. The number of quaternary nitrogens is 1. The topological polar surface area (TPSA) is 108 Å². The van der Waals surface area contributed by atoms with Crippen molar-refractivity contribution < 1.29 is 32.9 Å². The first-order valence-electron chi connectivity index (χ1n) is 27.7. The number of phosphoric ester groups is 1. The number of unbranched alkanes of at least 4 members (excludes halogenated alkanes) is 36. The van der Waals surface area contributed by atoms with Crippen molar-refractivity contribution >= 4 is 13.7 Å².